The maximum absolute atomic E-state index is 13.2. The zero-order chi connectivity index (χ0) is 19.5. The lowest BCUT2D eigenvalue weighted by Crippen LogP contribution is -2.40. The third-order valence-electron chi connectivity index (χ3n) is 4.99. The van der Waals surface area contributed by atoms with E-state index in [0.29, 0.717) is 38.4 Å². The van der Waals surface area contributed by atoms with Crippen molar-refractivity contribution < 1.29 is 9.53 Å². The van der Waals surface area contributed by atoms with Gasteiger partial charge in [0.25, 0.3) is 5.91 Å². The first-order valence-corrected chi connectivity index (χ1v) is 10.1. The van der Waals surface area contributed by atoms with Crippen LogP contribution < -0.4 is 4.90 Å². The number of para-hydroxylation sites is 1. The van der Waals surface area contributed by atoms with Gasteiger partial charge in [0.2, 0.25) is 0 Å². The van der Waals surface area contributed by atoms with Gasteiger partial charge in [-0.05, 0) is 23.8 Å². The van der Waals surface area contributed by atoms with Crippen molar-refractivity contribution in [1.82, 2.24) is 9.88 Å². The molecular formula is C22H22BrN3O2. The molecule has 28 heavy (non-hydrogen) atoms. The topological polar surface area (TPSA) is 45.7 Å². The molecule has 144 valence electrons. The van der Waals surface area contributed by atoms with E-state index in [9.17, 15) is 4.79 Å². The number of aromatic nitrogens is 1. The van der Waals surface area contributed by atoms with Crippen molar-refractivity contribution in [3.63, 3.8) is 0 Å². The van der Waals surface area contributed by atoms with Gasteiger partial charge in [0.15, 0.2) is 0 Å². The number of fused-ring (bicyclic) bond motifs is 1. The Labute approximate surface area is 173 Å². The molecule has 5 nitrogen and oxygen atoms in total. The Balaban J connectivity index is 1.71. The lowest BCUT2D eigenvalue weighted by Gasteiger charge is -2.28. The molecule has 0 atom stereocenters. The maximum atomic E-state index is 13.2. The molecule has 0 unspecified atom stereocenters. The summed E-state index contributed by atoms with van der Waals surface area (Å²) in [4.78, 5) is 22.0. The molecule has 0 saturated carbocycles. The van der Waals surface area contributed by atoms with E-state index in [1.54, 1.807) is 0 Å². The molecule has 4 rings (SSSR count). The highest BCUT2D eigenvalue weighted by Gasteiger charge is 2.22. The van der Waals surface area contributed by atoms with Gasteiger partial charge in [0, 0.05) is 36.5 Å². The highest BCUT2D eigenvalue weighted by atomic mass is 79.9. The number of halogens is 1. The zero-order valence-electron chi connectivity index (χ0n) is 15.8. The molecule has 1 saturated heterocycles. The molecule has 1 amide bonds. The van der Waals surface area contributed by atoms with Crippen LogP contribution in [0.15, 0.2) is 59.1 Å². The van der Waals surface area contributed by atoms with Crippen LogP contribution in [0.1, 0.15) is 15.9 Å². The average Bonchev–Trinajstić information content (AvgIpc) is 2.74. The van der Waals surface area contributed by atoms with Crippen LogP contribution in [0.25, 0.3) is 10.9 Å². The number of benzene rings is 2. The van der Waals surface area contributed by atoms with Gasteiger partial charge in [-0.3, -0.25) is 4.79 Å². The fraction of sp³-hybridized carbons (Fsp3) is 0.273. The predicted molar refractivity (Wildman–Crippen MR) is 115 cm³/mol. The molecule has 0 spiro atoms. The monoisotopic (exact) mass is 439 g/mol. The number of ether oxygens (including phenoxy) is 1. The number of anilines is 1. The number of morpholine rings is 1. The Hall–Kier alpha value is -2.44. The minimum absolute atomic E-state index is 0.0393. The average molecular weight is 440 g/mol. The number of carbonyl (C=O) groups excluding carboxylic acids is 1. The predicted octanol–water partition coefficient (Wildman–Crippen LogP) is 4.11. The molecule has 1 aliphatic heterocycles. The summed E-state index contributed by atoms with van der Waals surface area (Å²) >= 11 is 3.61. The first-order valence-electron chi connectivity index (χ1n) is 9.35. The van der Waals surface area contributed by atoms with Gasteiger partial charge in [0.05, 0.1) is 24.3 Å². The molecule has 3 aromatic rings. The normalized spacial score (nSPS) is 14.3. The lowest BCUT2D eigenvalue weighted by atomic mass is 10.1. The number of amides is 1. The van der Waals surface area contributed by atoms with Gasteiger partial charge in [-0.1, -0.05) is 52.3 Å². The number of hydrogen-bond donors (Lipinski definition) is 0. The number of nitrogens with zero attached hydrogens (tertiary/aromatic N) is 3. The third-order valence-corrected chi connectivity index (χ3v) is 5.76. The summed E-state index contributed by atoms with van der Waals surface area (Å²) in [6.45, 7) is 3.11. The Morgan fingerprint density at radius 2 is 1.86 bits per heavy atom. The van der Waals surface area contributed by atoms with E-state index in [0.717, 1.165) is 21.2 Å². The van der Waals surface area contributed by atoms with E-state index in [2.05, 4.69) is 26.9 Å². The van der Waals surface area contributed by atoms with Crippen LogP contribution in [-0.4, -0.2) is 49.1 Å². The molecule has 0 bridgehead atoms. The van der Waals surface area contributed by atoms with Crippen LogP contribution in [0.2, 0.25) is 0 Å². The summed E-state index contributed by atoms with van der Waals surface area (Å²) < 4.78 is 6.46. The molecule has 0 aliphatic carbocycles. The molecule has 2 aromatic carbocycles. The molecule has 6 heteroatoms. The van der Waals surface area contributed by atoms with Gasteiger partial charge < -0.3 is 14.5 Å². The largest absolute Gasteiger partial charge is 0.378 e. The van der Waals surface area contributed by atoms with Crippen molar-refractivity contribution in [2.24, 2.45) is 0 Å². The van der Waals surface area contributed by atoms with Gasteiger partial charge >= 0.3 is 0 Å². The summed E-state index contributed by atoms with van der Waals surface area (Å²) in [5, 5.41) is 0.886. The Morgan fingerprint density at radius 1 is 1.14 bits per heavy atom. The van der Waals surface area contributed by atoms with Gasteiger partial charge in [-0.15, -0.1) is 0 Å². The second kappa shape index (κ2) is 8.29. The molecule has 1 fully saturated rings. The molecule has 1 aliphatic rings. The summed E-state index contributed by atoms with van der Waals surface area (Å²) in [6, 6.07) is 17.9. The first-order chi connectivity index (χ1) is 13.6. The number of carbonyl (C=O) groups is 1. The van der Waals surface area contributed by atoms with E-state index >= 15 is 0 Å². The van der Waals surface area contributed by atoms with Crippen molar-refractivity contribution in [3.8, 4) is 0 Å². The second-order valence-electron chi connectivity index (χ2n) is 6.90. The first kappa shape index (κ1) is 18.9. The minimum Gasteiger partial charge on any atom is -0.378 e. The van der Waals surface area contributed by atoms with Crippen molar-refractivity contribution in [2.45, 2.75) is 6.54 Å². The van der Waals surface area contributed by atoms with Crippen LogP contribution in [0.4, 0.5) is 5.82 Å². The van der Waals surface area contributed by atoms with E-state index in [1.807, 2.05) is 60.5 Å². The summed E-state index contributed by atoms with van der Waals surface area (Å²) in [7, 11) is 2.00. The Morgan fingerprint density at radius 3 is 2.64 bits per heavy atom. The van der Waals surface area contributed by atoms with Crippen molar-refractivity contribution in [1.29, 1.82) is 0 Å². The van der Waals surface area contributed by atoms with Gasteiger partial charge in [0.1, 0.15) is 5.82 Å². The van der Waals surface area contributed by atoms with Crippen molar-refractivity contribution in [2.75, 3.05) is 38.3 Å². The van der Waals surface area contributed by atoms with E-state index in [4.69, 9.17) is 9.72 Å². The Kier molecular flexibility index (Phi) is 5.59. The summed E-state index contributed by atoms with van der Waals surface area (Å²) in [6.07, 6.45) is 0. The summed E-state index contributed by atoms with van der Waals surface area (Å²) in [5.41, 5.74) is 2.69. The number of rotatable bonds is 4. The van der Waals surface area contributed by atoms with Crippen LogP contribution in [-0.2, 0) is 11.3 Å². The van der Waals surface area contributed by atoms with Crippen molar-refractivity contribution >= 4 is 38.6 Å². The SMILES string of the molecule is CN(Cc1ccccc1Br)c1cc(C(=O)N2CCOCC2)c2ccccc2n1. The minimum atomic E-state index is 0.0393. The van der Waals surface area contributed by atoms with E-state index in [1.165, 1.54) is 5.56 Å². The second-order valence-corrected chi connectivity index (χ2v) is 7.75. The molecule has 2 heterocycles. The van der Waals surface area contributed by atoms with Gasteiger partial charge in [-0.25, -0.2) is 4.98 Å². The standard InChI is InChI=1S/C22H22BrN3O2/c1-25(15-16-6-2-4-8-19(16)23)21-14-18(17-7-3-5-9-20(17)24-21)22(27)26-10-12-28-13-11-26/h2-9,14H,10-13,15H2,1H3. The summed E-state index contributed by atoms with van der Waals surface area (Å²) in [5.74, 6) is 0.823. The highest BCUT2D eigenvalue weighted by Crippen LogP contribution is 2.26. The van der Waals surface area contributed by atoms with E-state index < -0.39 is 0 Å². The van der Waals surface area contributed by atoms with Crippen LogP contribution >= 0.6 is 15.9 Å². The maximum Gasteiger partial charge on any atom is 0.254 e. The van der Waals surface area contributed by atoms with Crippen LogP contribution in [0.5, 0.6) is 0 Å². The molecular weight excluding hydrogens is 418 g/mol. The highest BCUT2D eigenvalue weighted by molar-refractivity contribution is 9.10. The molecule has 0 radical (unpaired) electrons. The van der Waals surface area contributed by atoms with Crippen LogP contribution in [0, 0.1) is 0 Å². The molecule has 1 aromatic heterocycles. The third kappa shape index (κ3) is 3.88. The van der Waals surface area contributed by atoms with Crippen LogP contribution in [0.3, 0.4) is 0 Å². The number of hydrogen-bond acceptors (Lipinski definition) is 4. The van der Waals surface area contributed by atoms with Crippen molar-refractivity contribution in [3.05, 3.63) is 70.2 Å². The lowest BCUT2D eigenvalue weighted by molar-refractivity contribution is 0.0304. The van der Waals surface area contributed by atoms with E-state index in [-0.39, 0.29) is 5.91 Å². The molecule has 0 N–H and O–H groups in total. The fourth-order valence-corrected chi connectivity index (χ4v) is 3.84. The van der Waals surface area contributed by atoms with Gasteiger partial charge in [-0.2, -0.15) is 0 Å². The fourth-order valence-electron chi connectivity index (χ4n) is 3.43. The smallest absolute Gasteiger partial charge is 0.254 e. The Bertz CT molecular complexity index is 1000. The quantitative estimate of drug-likeness (QED) is 0.613. The zero-order valence-corrected chi connectivity index (χ0v) is 17.4. The number of pyridine rings is 1.